The van der Waals surface area contributed by atoms with Crippen molar-refractivity contribution in [3.8, 4) is 0 Å². The Morgan fingerprint density at radius 1 is 1.40 bits per heavy atom. The van der Waals surface area contributed by atoms with E-state index in [1.807, 2.05) is 20.0 Å². The molecule has 1 saturated carbocycles. The van der Waals surface area contributed by atoms with E-state index in [4.69, 9.17) is 0 Å². The lowest BCUT2D eigenvalue weighted by Gasteiger charge is -2.10. The minimum absolute atomic E-state index is 0.189. The molecule has 25 heavy (non-hydrogen) atoms. The molecule has 1 fully saturated rings. The van der Waals surface area contributed by atoms with E-state index in [-0.39, 0.29) is 5.91 Å². The first-order valence-electron chi connectivity index (χ1n) is 8.54. The summed E-state index contributed by atoms with van der Waals surface area (Å²) in [6.07, 6.45) is 13.0. The first kappa shape index (κ1) is 17.1. The van der Waals surface area contributed by atoms with Crippen molar-refractivity contribution >= 4 is 17.3 Å². The van der Waals surface area contributed by atoms with Crippen molar-refractivity contribution in [2.75, 3.05) is 0 Å². The van der Waals surface area contributed by atoms with Crippen LogP contribution in [-0.2, 0) is 11.8 Å². The van der Waals surface area contributed by atoms with E-state index in [1.165, 1.54) is 0 Å². The number of aryl methyl sites for hydroxylation is 1. The van der Waals surface area contributed by atoms with Gasteiger partial charge < -0.3 is 9.88 Å². The number of hydrogen-bond acceptors (Lipinski definition) is 3. The largest absolute Gasteiger partial charge is 0.329 e. The van der Waals surface area contributed by atoms with Gasteiger partial charge in [0.15, 0.2) is 0 Å². The lowest BCUT2D eigenvalue weighted by atomic mass is 9.99. The first-order valence-corrected chi connectivity index (χ1v) is 8.54. The van der Waals surface area contributed by atoms with Crippen molar-refractivity contribution in [1.82, 2.24) is 14.9 Å². The zero-order valence-electron chi connectivity index (χ0n) is 14.7. The van der Waals surface area contributed by atoms with Crippen molar-refractivity contribution in [2.45, 2.75) is 26.2 Å². The van der Waals surface area contributed by atoms with Crippen LogP contribution in [0.25, 0.3) is 5.57 Å². The maximum Gasteiger partial charge on any atom is 0.274 e. The van der Waals surface area contributed by atoms with Crippen molar-refractivity contribution < 1.29 is 9.59 Å². The zero-order valence-corrected chi connectivity index (χ0v) is 14.7. The molecule has 2 unspecified atom stereocenters. The topological polar surface area (TPSA) is 64.0 Å². The molecule has 2 aliphatic carbocycles. The highest BCUT2D eigenvalue weighted by Crippen LogP contribution is 2.44. The Hall–Kier alpha value is -2.69. The molecule has 1 aromatic rings. The molecule has 2 aliphatic rings. The number of fused-ring (bicyclic) bond motifs is 1. The van der Waals surface area contributed by atoms with E-state index >= 15 is 0 Å². The van der Waals surface area contributed by atoms with Gasteiger partial charge in [-0.25, -0.2) is 4.98 Å². The van der Waals surface area contributed by atoms with Crippen LogP contribution < -0.4 is 5.32 Å². The van der Waals surface area contributed by atoms with Crippen molar-refractivity contribution in [3.63, 3.8) is 0 Å². The fourth-order valence-electron chi connectivity index (χ4n) is 3.66. The molecule has 3 rings (SSSR count). The summed E-state index contributed by atoms with van der Waals surface area (Å²) in [6.45, 7) is 5.50. The lowest BCUT2D eigenvalue weighted by Crippen LogP contribution is -2.25. The van der Waals surface area contributed by atoms with E-state index < -0.39 is 0 Å². The maximum absolute atomic E-state index is 12.8. The summed E-state index contributed by atoms with van der Waals surface area (Å²) in [4.78, 5) is 28.8. The number of aromatic nitrogens is 2. The molecule has 1 N–H and O–H groups in total. The fraction of sp³-hybridized carbons (Fsp3) is 0.350. The SMILES string of the molecule is C=C/C=C\C(=C/C)NC(=O)c1c(C2=CC3CC(=O)CC3C2)ncn1C. The van der Waals surface area contributed by atoms with E-state index in [0.717, 1.165) is 17.7 Å². The molecule has 0 bridgehead atoms. The highest BCUT2D eigenvalue weighted by atomic mass is 16.2. The zero-order chi connectivity index (χ0) is 18.0. The summed E-state index contributed by atoms with van der Waals surface area (Å²) < 4.78 is 1.75. The van der Waals surface area contributed by atoms with Gasteiger partial charge in [-0.2, -0.15) is 0 Å². The van der Waals surface area contributed by atoms with E-state index in [1.54, 1.807) is 29.1 Å². The van der Waals surface area contributed by atoms with Gasteiger partial charge in [-0.3, -0.25) is 9.59 Å². The molecular formula is C20H23N3O2. The third kappa shape index (κ3) is 3.40. The van der Waals surface area contributed by atoms with Gasteiger partial charge in [0.2, 0.25) is 0 Å². The molecule has 5 nitrogen and oxygen atoms in total. The van der Waals surface area contributed by atoms with Crippen LogP contribution in [0.2, 0.25) is 0 Å². The minimum Gasteiger partial charge on any atom is -0.329 e. The molecule has 130 valence electrons. The van der Waals surface area contributed by atoms with Crippen LogP contribution in [0.4, 0.5) is 0 Å². The smallest absolute Gasteiger partial charge is 0.274 e. The van der Waals surface area contributed by atoms with Crippen molar-refractivity contribution in [2.24, 2.45) is 18.9 Å². The fourth-order valence-corrected chi connectivity index (χ4v) is 3.66. The number of imidazole rings is 1. The van der Waals surface area contributed by atoms with Gasteiger partial charge in [0, 0.05) is 25.6 Å². The number of carbonyl (C=O) groups is 2. The van der Waals surface area contributed by atoms with Gasteiger partial charge in [0.25, 0.3) is 5.91 Å². The van der Waals surface area contributed by atoms with Crippen LogP contribution >= 0.6 is 0 Å². The van der Waals surface area contributed by atoms with Gasteiger partial charge >= 0.3 is 0 Å². The monoisotopic (exact) mass is 337 g/mol. The van der Waals surface area contributed by atoms with Crippen LogP contribution in [0.5, 0.6) is 0 Å². The molecule has 0 radical (unpaired) electrons. The van der Waals surface area contributed by atoms with Crippen molar-refractivity contribution in [1.29, 1.82) is 0 Å². The summed E-state index contributed by atoms with van der Waals surface area (Å²) >= 11 is 0. The molecular weight excluding hydrogens is 314 g/mol. The van der Waals surface area contributed by atoms with Crippen LogP contribution in [0, 0.1) is 11.8 Å². The van der Waals surface area contributed by atoms with Crippen LogP contribution in [0.1, 0.15) is 42.4 Å². The summed E-state index contributed by atoms with van der Waals surface area (Å²) in [6, 6.07) is 0. The van der Waals surface area contributed by atoms with Gasteiger partial charge in [0.05, 0.1) is 12.0 Å². The maximum atomic E-state index is 12.8. The average molecular weight is 337 g/mol. The van der Waals surface area contributed by atoms with E-state index in [0.29, 0.717) is 41.9 Å². The second-order valence-corrected chi connectivity index (χ2v) is 6.61. The van der Waals surface area contributed by atoms with Crippen molar-refractivity contribution in [3.05, 3.63) is 60.4 Å². The molecule has 1 aromatic heterocycles. The molecule has 2 atom stereocenters. The van der Waals surface area contributed by atoms with Gasteiger partial charge in [-0.05, 0) is 36.8 Å². The number of rotatable bonds is 5. The van der Waals surface area contributed by atoms with Gasteiger partial charge in [-0.1, -0.05) is 30.9 Å². The van der Waals surface area contributed by atoms with Crippen LogP contribution in [0.3, 0.4) is 0 Å². The number of hydrogen-bond donors (Lipinski definition) is 1. The van der Waals surface area contributed by atoms with E-state index in [9.17, 15) is 9.59 Å². The van der Waals surface area contributed by atoms with E-state index in [2.05, 4.69) is 23.0 Å². The second kappa shape index (κ2) is 7.05. The summed E-state index contributed by atoms with van der Waals surface area (Å²) in [5, 5.41) is 2.91. The Morgan fingerprint density at radius 3 is 2.88 bits per heavy atom. The number of nitrogens with one attached hydrogen (secondary N) is 1. The Labute approximate surface area is 147 Å². The summed E-state index contributed by atoms with van der Waals surface area (Å²) in [7, 11) is 1.82. The summed E-state index contributed by atoms with van der Waals surface area (Å²) in [5.41, 5.74) is 3.06. The number of ketones is 1. The number of Topliss-reactive ketones (excluding diaryl/α,β-unsaturated/α-hetero) is 1. The van der Waals surface area contributed by atoms with Gasteiger partial charge in [-0.15, -0.1) is 0 Å². The van der Waals surface area contributed by atoms with Crippen LogP contribution in [-0.4, -0.2) is 21.2 Å². The molecule has 1 amide bonds. The highest BCUT2D eigenvalue weighted by molar-refractivity contribution is 5.98. The third-order valence-electron chi connectivity index (χ3n) is 4.89. The molecule has 1 heterocycles. The quantitative estimate of drug-likeness (QED) is 0.839. The normalized spacial score (nSPS) is 23.0. The number of amides is 1. The molecule has 0 saturated heterocycles. The molecule has 0 spiro atoms. The summed E-state index contributed by atoms with van der Waals surface area (Å²) in [5.74, 6) is 0.839. The Balaban J connectivity index is 1.84. The van der Waals surface area contributed by atoms with Crippen LogP contribution in [0.15, 0.2) is 49.0 Å². The molecule has 5 heteroatoms. The number of nitrogens with zero attached hydrogens (tertiary/aromatic N) is 2. The Morgan fingerprint density at radius 2 is 2.20 bits per heavy atom. The minimum atomic E-state index is -0.189. The lowest BCUT2D eigenvalue weighted by molar-refractivity contribution is -0.117. The molecule has 0 aliphatic heterocycles. The standard InChI is InChI=1S/C20H23N3O2/c1-4-6-7-16(5-2)22-20(25)19-18(21-12-23(19)3)15-8-13-10-17(24)11-14(13)9-15/h4-8,12-14H,1,9-11H2,2-3H3,(H,22,25)/b7-6-,16-5+. The predicted molar refractivity (Wildman–Crippen MR) is 97.6 cm³/mol. The Bertz CT molecular complexity index is 811. The van der Waals surface area contributed by atoms with Gasteiger partial charge in [0.1, 0.15) is 11.5 Å². The highest BCUT2D eigenvalue weighted by Gasteiger charge is 2.38. The number of carbonyl (C=O) groups excluding carboxylic acids is 2. The Kier molecular flexibility index (Phi) is 4.83. The predicted octanol–water partition coefficient (Wildman–Crippen LogP) is 3.18. The second-order valence-electron chi connectivity index (χ2n) is 6.61. The molecule has 0 aromatic carbocycles. The third-order valence-corrected chi connectivity index (χ3v) is 4.89. The number of allylic oxidation sites excluding steroid dienone is 6. The first-order chi connectivity index (χ1) is 12.0. The average Bonchev–Trinajstić information content (AvgIpc) is 3.23.